The van der Waals surface area contributed by atoms with E-state index in [0.717, 1.165) is 23.3 Å². The average Bonchev–Trinajstić information content (AvgIpc) is 2.71. The standard InChI is InChI=1S/C13H15NO2S2/c1-2-3-8-18(9-14)12(13(15)16)10-6-4-5-7-11(10)17-18/h4-7,12H,2-3,8H2,1H3,(H,15,16). The van der Waals surface area contributed by atoms with Crippen LogP contribution in [0.1, 0.15) is 30.6 Å². The third kappa shape index (κ3) is 2.11. The van der Waals surface area contributed by atoms with Gasteiger partial charge in [0.05, 0.1) is 0 Å². The van der Waals surface area contributed by atoms with E-state index in [4.69, 9.17) is 0 Å². The van der Waals surface area contributed by atoms with Crippen molar-refractivity contribution in [1.29, 1.82) is 5.26 Å². The lowest BCUT2D eigenvalue weighted by Gasteiger charge is -2.30. The number of rotatable bonds is 4. The van der Waals surface area contributed by atoms with Gasteiger partial charge in [-0.05, 0) is 23.8 Å². The summed E-state index contributed by atoms with van der Waals surface area (Å²) in [6.07, 6.45) is 1.90. The number of unbranched alkanes of at least 4 members (excludes halogenated alkanes) is 1. The molecule has 0 spiro atoms. The van der Waals surface area contributed by atoms with Gasteiger partial charge >= 0.3 is 5.97 Å². The van der Waals surface area contributed by atoms with Gasteiger partial charge in [0.25, 0.3) is 0 Å². The number of carboxylic acid groups (broad SMARTS) is 1. The van der Waals surface area contributed by atoms with E-state index in [-0.39, 0.29) is 0 Å². The topological polar surface area (TPSA) is 61.1 Å². The highest BCUT2D eigenvalue weighted by Crippen LogP contribution is 2.77. The van der Waals surface area contributed by atoms with Gasteiger partial charge in [-0.2, -0.15) is 5.26 Å². The second kappa shape index (κ2) is 5.25. The Morgan fingerprint density at radius 3 is 2.89 bits per heavy atom. The lowest BCUT2D eigenvalue weighted by atomic mass is 10.1. The molecule has 0 saturated carbocycles. The SMILES string of the molecule is CCCCS1(C#N)Sc2ccccc2C1C(=O)O. The molecule has 0 bridgehead atoms. The van der Waals surface area contributed by atoms with Crippen molar-refractivity contribution in [2.24, 2.45) is 0 Å². The van der Waals surface area contributed by atoms with Gasteiger partial charge in [0, 0.05) is 4.90 Å². The molecule has 2 rings (SSSR count). The van der Waals surface area contributed by atoms with Crippen molar-refractivity contribution in [3.05, 3.63) is 29.8 Å². The normalized spacial score (nSPS) is 29.0. The number of benzene rings is 1. The fourth-order valence-corrected chi connectivity index (χ4v) is 8.22. The Kier molecular flexibility index (Phi) is 3.88. The van der Waals surface area contributed by atoms with Crippen LogP contribution in [-0.2, 0) is 4.79 Å². The van der Waals surface area contributed by atoms with Gasteiger partial charge in [-0.3, -0.25) is 4.79 Å². The first kappa shape index (κ1) is 13.3. The van der Waals surface area contributed by atoms with Crippen molar-refractivity contribution < 1.29 is 9.90 Å². The van der Waals surface area contributed by atoms with Crippen LogP contribution in [0.5, 0.6) is 0 Å². The van der Waals surface area contributed by atoms with E-state index in [9.17, 15) is 15.2 Å². The average molecular weight is 281 g/mol. The largest absolute Gasteiger partial charge is 0.480 e. The van der Waals surface area contributed by atoms with Crippen molar-refractivity contribution >= 4 is 25.8 Å². The number of thiocyanates is 1. The fraction of sp³-hybridized carbons (Fsp3) is 0.385. The Morgan fingerprint density at radius 2 is 2.28 bits per heavy atom. The van der Waals surface area contributed by atoms with Gasteiger partial charge in [-0.25, -0.2) is 0 Å². The molecule has 0 saturated heterocycles. The third-order valence-corrected chi connectivity index (χ3v) is 9.00. The molecule has 3 nitrogen and oxygen atoms in total. The van der Waals surface area contributed by atoms with Crippen LogP contribution < -0.4 is 0 Å². The number of nitrogens with zero attached hydrogens (tertiary/aromatic N) is 1. The monoisotopic (exact) mass is 281 g/mol. The lowest BCUT2D eigenvalue weighted by molar-refractivity contribution is -0.136. The molecule has 1 aromatic carbocycles. The summed E-state index contributed by atoms with van der Waals surface area (Å²) in [6, 6.07) is 7.52. The van der Waals surface area contributed by atoms with Gasteiger partial charge in [0.2, 0.25) is 0 Å². The van der Waals surface area contributed by atoms with Crippen LogP contribution in [0.4, 0.5) is 0 Å². The van der Waals surface area contributed by atoms with E-state index in [1.54, 1.807) is 0 Å². The fourth-order valence-electron chi connectivity index (χ4n) is 2.12. The molecule has 1 aromatic rings. The highest BCUT2D eigenvalue weighted by molar-refractivity contribution is 8.96. The van der Waals surface area contributed by atoms with Crippen LogP contribution in [0.2, 0.25) is 0 Å². The summed E-state index contributed by atoms with van der Waals surface area (Å²) >= 11 is 0. The van der Waals surface area contributed by atoms with E-state index in [0.29, 0.717) is 5.75 Å². The maximum Gasteiger partial charge on any atom is 0.321 e. The molecule has 0 aliphatic carbocycles. The van der Waals surface area contributed by atoms with Crippen LogP contribution in [0.25, 0.3) is 0 Å². The van der Waals surface area contributed by atoms with E-state index in [2.05, 4.69) is 12.3 Å². The van der Waals surface area contributed by atoms with E-state index in [1.165, 1.54) is 10.8 Å². The number of carboxylic acids is 1. The Hall–Kier alpha value is -1.12. The van der Waals surface area contributed by atoms with Gasteiger partial charge in [0.1, 0.15) is 10.7 Å². The molecular weight excluding hydrogens is 266 g/mol. The smallest absolute Gasteiger partial charge is 0.321 e. The first-order valence-electron chi connectivity index (χ1n) is 5.86. The molecule has 1 heterocycles. The number of aliphatic carboxylic acids is 1. The molecule has 18 heavy (non-hydrogen) atoms. The van der Waals surface area contributed by atoms with Gasteiger partial charge in [-0.1, -0.05) is 51.4 Å². The zero-order chi connectivity index (χ0) is 13.2. The maximum absolute atomic E-state index is 11.6. The first-order chi connectivity index (χ1) is 8.64. The van der Waals surface area contributed by atoms with Gasteiger partial charge in [0.15, 0.2) is 0 Å². The molecule has 0 amide bonds. The Balaban J connectivity index is 2.45. The molecule has 0 aromatic heterocycles. The van der Waals surface area contributed by atoms with E-state index < -0.39 is 20.3 Å². The van der Waals surface area contributed by atoms with Crippen LogP contribution >= 0.6 is 19.9 Å². The minimum absolute atomic E-state index is 0.629. The molecule has 2 atom stereocenters. The molecule has 96 valence electrons. The summed E-state index contributed by atoms with van der Waals surface area (Å²) in [4.78, 5) is 12.5. The minimum atomic E-state index is -1.84. The Bertz CT molecular complexity index is 512. The predicted molar refractivity (Wildman–Crippen MR) is 75.7 cm³/mol. The summed E-state index contributed by atoms with van der Waals surface area (Å²) in [5.74, 6) is -0.156. The molecule has 2 unspecified atom stereocenters. The molecule has 1 aliphatic rings. The number of hydrogen-bond acceptors (Lipinski definition) is 3. The van der Waals surface area contributed by atoms with Crippen molar-refractivity contribution in [3.63, 3.8) is 0 Å². The zero-order valence-electron chi connectivity index (χ0n) is 10.1. The third-order valence-electron chi connectivity index (χ3n) is 3.00. The number of hydrogen-bond donors (Lipinski definition) is 1. The van der Waals surface area contributed by atoms with Crippen molar-refractivity contribution in [2.45, 2.75) is 29.9 Å². The number of nitriles is 1. The Labute approximate surface area is 112 Å². The van der Waals surface area contributed by atoms with Crippen LogP contribution in [0.3, 0.4) is 0 Å². The summed E-state index contributed by atoms with van der Waals surface area (Å²) in [6.45, 7) is 2.06. The molecule has 1 N–H and O–H groups in total. The number of fused-ring (bicyclic) bond motifs is 1. The quantitative estimate of drug-likeness (QED) is 0.671. The second-order valence-electron chi connectivity index (χ2n) is 4.21. The lowest BCUT2D eigenvalue weighted by Crippen LogP contribution is -2.15. The van der Waals surface area contributed by atoms with Crippen LogP contribution in [0, 0.1) is 10.7 Å². The van der Waals surface area contributed by atoms with Gasteiger partial charge in [-0.15, -0.1) is 0 Å². The highest BCUT2D eigenvalue weighted by atomic mass is 33.2. The van der Waals surface area contributed by atoms with Crippen LogP contribution in [-0.4, -0.2) is 16.8 Å². The first-order valence-corrected chi connectivity index (χ1v) is 9.06. The molecule has 0 radical (unpaired) electrons. The molecule has 0 fully saturated rings. The highest BCUT2D eigenvalue weighted by Gasteiger charge is 2.47. The number of carbonyl (C=O) groups is 1. The molecule has 1 aliphatic heterocycles. The molecular formula is C13H15NO2S2. The summed E-state index contributed by atoms with van der Waals surface area (Å²) in [7, 11) is -0.336. The predicted octanol–water partition coefficient (Wildman–Crippen LogP) is 3.92. The minimum Gasteiger partial charge on any atom is -0.480 e. The van der Waals surface area contributed by atoms with E-state index in [1.807, 2.05) is 24.3 Å². The summed E-state index contributed by atoms with van der Waals surface area (Å²) < 4.78 is 0. The second-order valence-corrected chi connectivity index (χ2v) is 9.62. The van der Waals surface area contributed by atoms with Crippen molar-refractivity contribution in [2.75, 3.05) is 5.75 Å². The van der Waals surface area contributed by atoms with Crippen LogP contribution in [0.15, 0.2) is 29.2 Å². The summed E-state index contributed by atoms with van der Waals surface area (Å²) in [5.41, 5.74) is 0.822. The van der Waals surface area contributed by atoms with Crippen molar-refractivity contribution in [3.8, 4) is 5.40 Å². The summed E-state index contributed by atoms with van der Waals surface area (Å²) in [5, 5.41) is 20.7. The zero-order valence-corrected chi connectivity index (χ0v) is 11.8. The molecule has 5 heteroatoms. The van der Waals surface area contributed by atoms with Gasteiger partial charge < -0.3 is 5.11 Å². The Morgan fingerprint density at radius 1 is 1.56 bits per heavy atom. The van der Waals surface area contributed by atoms with E-state index >= 15 is 0 Å². The maximum atomic E-state index is 11.6. The van der Waals surface area contributed by atoms with Crippen molar-refractivity contribution in [1.82, 2.24) is 0 Å².